The standard InChI is InChI=1S/C11H12O/c1-2-11(12)9-8-10-6-4-3-5-7-10/h2-9,12H,1H3/b9-8+,11-2-. The summed E-state index contributed by atoms with van der Waals surface area (Å²) < 4.78 is 0. The summed E-state index contributed by atoms with van der Waals surface area (Å²) in [6.07, 6.45) is 5.20. The first kappa shape index (κ1) is 8.60. The lowest BCUT2D eigenvalue weighted by atomic mass is 10.2. The first-order valence-electron chi connectivity index (χ1n) is 3.91. The third-order valence-corrected chi connectivity index (χ3v) is 1.54. The van der Waals surface area contributed by atoms with Crippen LogP contribution in [0.5, 0.6) is 0 Å². The fourth-order valence-corrected chi connectivity index (χ4v) is 0.842. The van der Waals surface area contributed by atoms with Gasteiger partial charge in [0, 0.05) is 0 Å². The molecule has 1 nitrogen and oxygen atoms in total. The second kappa shape index (κ2) is 4.39. The van der Waals surface area contributed by atoms with Crippen LogP contribution < -0.4 is 0 Å². The fourth-order valence-electron chi connectivity index (χ4n) is 0.842. The maximum Gasteiger partial charge on any atom is 0.111 e. The second-order valence-corrected chi connectivity index (χ2v) is 2.46. The zero-order valence-electron chi connectivity index (χ0n) is 7.07. The molecule has 1 heteroatoms. The Morgan fingerprint density at radius 3 is 2.50 bits per heavy atom. The summed E-state index contributed by atoms with van der Waals surface area (Å²) in [6.45, 7) is 1.80. The van der Waals surface area contributed by atoms with Crippen LogP contribution in [-0.4, -0.2) is 5.11 Å². The summed E-state index contributed by atoms with van der Waals surface area (Å²) >= 11 is 0. The second-order valence-electron chi connectivity index (χ2n) is 2.46. The van der Waals surface area contributed by atoms with Gasteiger partial charge < -0.3 is 5.11 Å². The number of hydrogen-bond donors (Lipinski definition) is 1. The Balaban J connectivity index is 2.70. The van der Waals surface area contributed by atoms with Crippen LogP contribution in [0.4, 0.5) is 0 Å². The van der Waals surface area contributed by atoms with Crippen LogP contribution in [0.1, 0.15) is 12.5 Å². The third-order valence-electron chi connectivity index (χ3n) is 1.54. The largest absolute Gasteiger partial charge is 0.508 e. The molecule has 12 heavy (non-hydrogen) atoms. The Morgan fingerprint density at radius 1 is 1.25 bits per heavy atom. The van der Waals surface area contributed by atoms with E-state index < -0.39 is 0 Å². The molecule has 0 bridgehead atoms. The van der Waals surface area contributed by atoms with Gasteiger partial charge in [0.1, 0.15) is 5.76 Å². The lowest BCUT2D eigenvalue weighted by Crippen LogP contribution is -1.72. The highest BCUT2D eigenvalue weighted by Gasteiger charge is 1.83. The molecule has 1 aromatic carbocycles. The number of allylic oxidation sites excluding steroid dienone is 2. The van der Waals surface area contributed by atoms with Gasteiger partial charge in [0.2, 0.25) is 0 Å². The maximum atomic E-state index is 9.09. The molecule has 0 aliphatic carbocycles. The minimum atomic E-state index is 0.291. The van der Waals surface area contributed by atoms with Crippen molar-refractivity contribution in [2.45, 2.75) is 6.92 Å². The van der Waals surface area contributed by atoms with Gasteiger partial charge in [-0.15, -0.1) is 0 Å². The zero-order chi connectivity index (χ0) is 8.81. The molecule has 0 heterocycles. The zero-order valence-corrected chi connectivity index (χ0v) is 7.07. The third kappa shape index (κ3) is 2.62. The van der Waals surface area contributed by atoms with Gasteiger partial charge in [-0.1, -0.05) is 36.4 Å². The Labute approximate surface area is 72.7 Å². The van der Waals surface area contributed by atoms with Crippen LogP contribution in [0.2, 0.25) is 0 Å². The molecule has 1 rings (SSSR count). The molecule has 0 aliphatic heterocycles. The van der Waals surface area contributed by atoms with Crippen molar-refractivity contribution < 1.29 is 5.11 Å². The summed E-state index contributed by atoms with van der Waals surface area (Å²) in [5.74, 6) is 0.291. The molecule has 0 unspecified atom stereocenters. The summed E-state index contributed by atoms with van der Waals surface area (Å²) in [7, 11) is 0. The van der Waals surface area contributed by atoms with Gasteiger partial charge in [0.25, 0.3) is 0 Å². The number of benzene rings is 1. The first-order chi connectivity index (χ1) is 5.83. The van der Waals surface area contributed by atoms with Crippen molar-refractivity contribution in [1.29, 1.82) is 0 Å². The lowest BCUT2D eigenvalue weighted by Gasteiger charge is -1.90. The van der Waals surface area contributed by atoms with E-state index in [4.69, 9.17) is 5.11 Å². The molecule has 0 radical (unpaired) electrons. The van der Waals surface area contributed by atoms with E-state index in [0.29, 0.717) is 5.76 Å². The lowest BCUT2D eigenvalue weighted by molar-refractivity contribution is 0.432. The van der Waals surface area contributed by atoms with Crippen LogP contribution >= 0.6 is 0 Å². The van der Waals surface area contributed by atoms with E-state index in [2.05, 4.69) is 0 Å². The molecule has 0 saturated heterocycles. The van der Waals surface area contributed by atoms with Crippen LogP contribution in [0.3, 0.4) is 0 Å². The average molecular weight is 160 g/mol. The van der Waals surface area contributed by atoms with Crippen molar-refractivity contribution in [3.8, 4) is 0 Å². The van der Waals surface area contributed by atoms with E-state index >= 15 is 0 Å². The van der Waals surface area contributed by atoms with Crippen molar-refractivity contribution in [2.24, 2.45) is 0 Å². The molecule has 0 spiro atoms. The topological polar surface area (TPSA) is 20.2 Å². The molecular formula is C11H12O. The van der Waals surface area contributed by atoms with Gasteiger partial charge in [-0.05, 0) is 24.6 Å². The highest BCUT2D eigenvalue weighted by atomic mass is 16.3. The van der Waals surface area contributed by atoms with Gasteiger partial charge in [-0.2, -0.15) is 0 Å². The minimum absolute atomic E-state index is 0.291. The maximum absolute atomic E-state index is 9.09. The Hall–Kier alpha value is -1.50. The summed E-state index contributed by atoms with van der Waals surface area (Å²) in [5.41, 5.74) is 1.09. The summed E-state index contributed by atoms with van der Waals surface area (Å²) in [6, 6.07) is 9.87. The van der Waals surface area contributed by atoms with E-state index in [-0.39, 0.29) is 0 Å². The molecule has 1 aromatic rings. The molecule has 0 aromatic heterocycles. The quantitative estimate of drug-likeness (QED) is 0.520. The number of aliphatic hydroxyl groups is 1. The minimum Gasteiger partial charge on any atom is -0.508 e. The fraction of sp³-hybridized carbons (Fsp3) is 0.0909. The van der Waals surface area contributed by atoms with Gasteiger partial charge in [-0.25, -0.2) is 0 Å². The van der Waals surface area contributed by atoms with Crippen molar-refractivity contribution in [3.63, 3.8) is 0 Å². The van der Waals surface area contributed by atoms with Crippen molar-refractivity contribution in [1.82, 2.24) is 0 Å². The molecule has 0 saturated carbocycles. The van der Waals surface area contributed by atoms with Crippen LogP contribution in [0, 0.1) is 0 Å². The average Bonchev–Trinajstić information content (AvgIpc) is 2.16. The number of hydrogen-bond acceptors (Lipinski definition) is 1. The summed E-state index contributed by atoms with van der Waals surface area (Å²) in [4.78, 5) is 0. The van der Waals surface area contributed by atoms with E-state index in [1.54, 1.807) is 19.1 Å². The normalized spacial score (nSPS) is 12.2. The predicted octanol–water partition coefficient (Wildman–Crippen LogP) is 3.16. The van der Waals surface area contributed by atoms with Crippen LogP contribution in [-0.2, 0) is 0 Å². The molecule has 0 fully saturated rings. The molecule has 0 amide bonds. The van der Waals surface area contributed by atoms with E-state index in [1.807, 2.05) is 36.4 Å². The van der Waals surface area contributed by atoms with Crippen LogP contribution in [0.15, 0.2) is 48.2 Å². The highest BCUT2D eigenvalue weighted by molar-refractivity contribution is 5.51. The highest BCUT2D eigenvalue weighted by Crippen LogP contribution is 2.02. The number of rotatable bonds is 2. The van der Waals surface area contributed by atoms with Crippen LogP contribution in [0.25, 0.3) is 6.08 Å². The van der Waals surface area contributed by atoms with Gasteiger partial charge in [0.15, 0.2) is 0 Å². The molecule has 1 N–H and O–H groups in total. The van der Waals surface area contributed by atoms with Crippen molar-refractivity contribution in [3.05, 3.63) is 53.8 Å². The van der Waals surface area contributed by atoms with E-state index in [0.717, 1.165) is 5.56 Å². The van der Waals surface area contributed by atoms with Crippen molar-refractivity contribution >= 4 is 6.08 Å². The van der Waals surface area contributed by atoms with Gasteiger partial charge in [0.05, 0.1) is 0 Å². The molecule has 62 valence electrons. The first-order valence-corrected chi connectivity index (χ1v) is 3.91. The monoisotopic (exact) mass is 160 g/mol. The van der Waals surface area contributed by atoms with Gasteiger partial charge in [-0.3, -0.25) is 0 Å². The predicted molar refractivity (Wildman–Crippen MR) is 51.9 cm³/mol. The SMILES string of the molecule is C/C=C(O)/C=C/c1ccccc1. The molecular weight excluding hydrogens is 148 g/mol. The summed E-state index contributed by atoms with van der Waals surface area (Å²) in [5, 5.41) is 9.09. The smallest absolute Gasteiger partial charge is 0.111 e. The Morgan fingerprint density at radius 2 is 1.92 bits per heavy atom. The van der Waals surface area contributed by atoms with E-state index in [1.165, 1.54) is 0 Å². The Bertz CT molecular complexity index is 283. The van der Waals surface area contributed by atoms with E-state index in [9.17, 15) is 0 Å². The molecule has 0 aliphatic rings. The Kier molecular flexibility index (Phi) is 3.15. The van der Waals surface area contributed by atoms with Crippen molar-refractivity contribution in [2.75, 3.05) is 0 Å². The number of aliphatic hydroxyl groups excluding tert-OH is 1. The van der Waals surface area contributed by atoms with Gasteiger partial charge >= 0.3 is 0 Å². The molecule has 0 atom stereocenters.